The number of halogens is 1. The minimum Gasteiger partial charge on any atom is -0.391 e. The van der Waals surface area contributed by atoms with E-state index in [1.807, 2.05) is 31.2 Å². The van der Waals surface area contributed by atoms with Crippen LogP contribution in [0.4, 0.5) is 0 Å². The summed E-state index contributed by atoms with van der Waals surface area (Å²) in [5.41, 5.74) is 3.13. The fraction of sp³-hybridized carbons (Fsp3) is 0.333. The van der Waals surface area contributed by atoms with E-state index in [1.165, 1.54) is 0 Å². The molecular formula is C24H25ClN4O2. The third-order valence-corrected chi connectivity index (χ3v) is 6.00. The van der Waals surface area contributed by atoms with Crippen LogP contribution in [0.2, 0.25) is 0 Å². The molecule has 7 heteroatoms. The van der Waals surface area contributed by atoms with Gasteiger partial charge in [0.25, 0.3) is 5.56 Å². The lowest BCUT2D eigenvalue weighted by Crippen LogP contribution is -2.34. The third-order valence-electron chi connectivity index (χ3n) is 5.90. The Morgan fingerprint density at radius 1 is 1.32 bits per heavy atom. The molecule has 2 atom stereocenters. The van der Waals surface area contributed by atoms with Crippen molar-refractivity contribution in [3.05, 3.63) is 70.0 Å². The predicted octanol–water partition coefficient (Wildman–Crippen LogP) is 4.69. The number of benzene rings is 1. The minimum atomic E-state index is -0.526. The Morgan fingerprint density at radius 2 is 2.13 bits per heavy atom. The van der Waals surface area contributed by atoms with Gasteiger partial charge in [-0.05, 0) is 49.1 Å². The molecule has 0 aliphatic heterocycles. The highest BCUT2D eigenvalue weighted by molar-refractivity contribution is 6.29. The Balaban J connectivity index is 1.88. The summed E-state index contributed by atoms with van der Waals surface area (Å²) in [5.74, 6) is 0. The number of hydrogen-bond acceptors (Lipinski definition) is 5. The highest BCUT2D eigenvalue weighted by Gasteiger charge is 2.26. The van der Waals surface area contributed by atoms with Gasteiger partial charge in [0.2, 0.25) is 0 Å². The van der Waals surface area contributed by atoms with Crippen LogP contribution in [0.1, 0.15) is 44.2 Å². The maximum atomic E-state index is 13.5. The first kappa shape index (κ1) is 21.4. The molecule has 31 heavy (non-hydrogen) atoms. The number of allylic oxidation sites excluding steroid dienone is 2. The molecule has 3 aromatic rings. The lowest BCUT2D eigenvalue weighted by Gasteiger charge is -2.29. The zero-order chi connectivity index (χ0) is 22.0. The van der Waals surface area contributed by atoms with Crippen LogP contribution in [0.5, 0.6) is 0 Å². The van der Waals surface area contributed by atoms with E-state index in [2.05, 4.69) is 21.5 Å². The van der Waals surface area contributed by atoms with E-state index in [1.54, 1.807) is 23.3 Å². The number of aliphatic hydroxyl groups excluding tert-OH is 1. The molecule has 0 unspecified atom stereocenters. The zero-order valence-corrected chi connectivity index (χ0v) is 18.2. The Labute approximate surface area is 185 Å². The van der Waals surface area contributed by atoms with Gasteiger partial charge in [-0.2, -0.15) is 0 Å². The van der Waals surface area contributed by atoms with Crippen molar-refractivity contribution in [2.75, 3.05) is 0 Å². The second-order valence-electron chi connectivity index (χ2n) is 7.88. The van der Waals surface area contributed by atoms with Crippen molar-refractivity contribution in [1.82, 2.24) is 14.5 Å². The molecule has 6 nitrogen and oxygen atoms in total. The summed E-state index contributed by atoms with van der Waals surface area (Å²) in [6.45, 7) is 5.51. The summed E-state index contributed by atoms with van der Waals surface area (Å²) in [5, 5.41) is 12.0. The summed E-state index contributed by atoms with van der Waals surface area (Å²) < 4.78 is 1.60. The lowest BCUT2D eigenvalue weighted by molar-refractivity contribution is 0.0735. The van der Waals surface area contributed by atoms with Crippen molar-refractivity contribution in [3.8, 4) is 0 Å². The number of aliphatic hydroxyl groups is 1. The zero-order valence-electron chi connectivity index (χ0n) is 17.5. The maximum absolute atomic E-state index is 13.5. The summed E-state index contributed by atoms with van der Waals surface area (Å²) in [4.78, 5) is 26.7. The summed E-state index contributed by atoms with van der Waals surface area (Å²) in [7, 11) is 0. The van der Waals surface area contributed by atoms with Crippen molar-refractivity contribution in [1.29, 1.82) is 0 Å². The Kier molecular flexibility index (Phi) is 6.30. The van der Waals surface area contributed by atoms with Gasteiger partial charge in [0.1, 0.15) is 5.16 Å². The molecule has 1 aliphatic carbocycles. The fourth-order valence-corrected chi connectivity index (χ4v) is 4.35. The molecule has 2 aromatic heterocycles. The first-order valence-corrected chi connectivity index (χ1v) is 10.9. The van der Waals surface area contributed by atoms with Gasteiger partial charge in [0.15, 0.2) is 0 Å². The number of pyridine rings is 1. The number of hydrogen-bond donors (Lipinski definition) is 1. The molecular weight excluding hydrogens is 412 g/mol. The predicted molar refractivity (Wildman–Crippen MR) is 126 cm³/mol. The van der Waals surface area contributed by atoms with Crippen molar-refractivity contribution in [2.45, 2.75) is 51.2 Å². The van der Waals surface area contributed by atoms with Gasteiger partial charge < -0.3 is 5.11 Å². The van der Waals surface area contributed by atoms with E-state index < -0.39 is 6.10 Å². The molecule has 0 spiro atoms. The van der Waals surface area contributed by atoms with Gasteiger partial charge in [-0.25, -0.2) is 9.98 Å². The van der Waals surface area contributed by atoms with Crippen molar-refractivity contribution in [2.24, 2.45) is 4.99 Å². The molecule has 0 saturated heterocycles. The summed E-state index contributed by atoms with van der Waals surface area (Å²) >= 11 is 5.77. The number of aliphatic imine (C=N–C) groups is 1. The van der Waals surface area contributed by atoms with E-state index in [0.29, 0.717) is 23.7 Å². The molecule has 0 bridgehead atoms. The average molecular weight is 437 g/mol. The minimum absolute atomic E-state index is 0.132. The molecule has 2 heterocycles. The molecule has 1 N–H and O–H groups in total. The molecule has 0 radical (unpaired) electrons. The lowest BCUT2D eigenvalue weighted by atomic mass is 9.92. The topological polar surface area (TPSA) is 80.4 Å². The number of nitrogens with zero attached hydrogens (tertiary/aromatic N) is 4. The second-order valence-corrected chi connectivity index (χ2v) is 8.32. The van der Waals surface area contributed by atoms with Gasteiger partial charge in [0, 0.05) is 24.2 Å². The highest BCUT2D eigenvalue weighted by Crippen LogP contribution is 2.30. The van der Waals surface area contributed by atoms with Gasteiger partial charge in [-0.1, -0.05) is 37.1 Å². The van der Waals surface area contributed by atoms with Gasteiger partial charge >= 0.3 is 0 Å². The maximum Gasteiger partial charge on any atom is 0.261 e. The van der Waals surface area contributed by atoms with Gasteiger partial charge in [-0.3, -0.25) is 14.3 Å². The number of fused-ring (bicyclic) bond motifs is 3. The van der Waals surface area contributed by atoms with Gasteiger partial charge in [0.05, 0.1) is 34.9 Å². The van der Waals surface area contributed by atoms with E-state index in [9.17, 15) is 9.90 Å². The van der Waals surface area contributed by atoms with E-state index in [0.717, 1.165) is 41.3 Å². The largest absolute Gasteiger partial charge is 0.391 e. The van der Waals surface area contributed by atoms with Crippen LogP contribution < -0.4 is 5.56 Å². The third kappa shape index (κ3) is 4.31. The van der Waals surface area contributed by atoms with E-state index in [4.69, 9.17) is 11.6 Å². The van der Waals surface area contributed by atoms with Crippen molar-refractivity contribution in [3.63, 3.8) is 0 Å². The number of aromatic nitrogens is 3. The normalized spacial score (nSPS) is 20.0. The van der Waals surface area contributed by atoms with E-state index in [-0.39, 0.29) is 16.8 Å². The first-order chi connectivity index (χ1) is 15.0. The van der Waals surface area contributed by atoms with Crippen LogP contribution in [0.3, 0.4) is 0 Å². The molecule has 1 aliphatic rings. The van der Waals surface area contributed by atoms with Crippen molar-refractivity contribution >= 4 is 39.6 Å². The van der Waals surface area contributed by atoms with Crippen LogP contribution in [-0.4, -0.2) is 32.0 Å². The SMILES string of the molecule is C=C(Cl)/N=C\C(=C/C)Cc1cc2c(=O)n([C@H]3CCCC[C@@H]3O)cnc2c2cccnc12. The molecule has 1 aromatic carbocycles. The van der Waals surface area contributed by atoms with Crippen LogP contribution in [0.25, 0.3) is 21.8 Å². The van der Waals surface area contributed by atoms with E-state index >= 15 is 0 Å². The van der Waals surface area contributed by atoms with Gasteiger partial charge in [-0.15, -0.1) is 0 Å². The molecule has 1 fully saturated rings. The molecule has 1 saturated carbocycles. The summed E-state index contributed by atoms with van der Waals surface area (Å²) in [6.07, 6.45) is 10.4. The number of rotatable bonds is 5. The van der Waals surface area contributed by atoms with Crippen molar-refractivity contribution < 1.29 is 5.11 Å². The van der Waals surface area contributed by atoms with Crippen LogP contribution in [0, 0.1) is 0 Å². The second kappa shape index (κ2) is 9.12. The van der Waals surface area contributed by atoms with Crippen LogP contribution in [-0.2, 0) is 6.42 Å². The molecule has 0 amide bonds. The molecule has 4 rings (SSSR count). The highest BCUT2D eigenvalue weighted by atomic mass is 35.5. The Hall–Kier alpha value is -2.83. The fourth-order valence-electron chi connectivity index (χ4n) is 4.30. The van der Waals surface area contributed by atoms with Crippen LogP contribution in [0.15, 0.2) is 63.9 Å². The smallest absolute Gasteiger partial charge is 0.261 e. The molecule has 160 valence electrons. The van der Waals surface area contributed by atoms with Crippen LogP contribution >= 0.6 is 11.6 Å². The summed E-state index contributed by atoms with van der Waals surface area (Å²) in [6, 6.07) is 5.42. The Bertz CT molecular complexity index is 1260. The Morgan fingerprint density at radius 3 is 2.87 bits per heavy atom. The monoisotopic (exact) mass is 436 g/mol. The standard InChI is InChI=1S/C24H25ClN4O2/c1-3-16(13-27-15(2)25)11-17-12-19-23(18-7-6-10-26-22(17)18)28-14-29(24(19)31)20-8-4-5-9-21(20)30/h3,6-7,10,12-14,20-21,30H,2,4-5,8-9,11H2,1H3/b16-3-,27-13-/t20-,21-/m0/s1. The first-order valence-electron chi connectivity index (χ1n) is 10.5. The average Bonchev–Trinajstić information content (AvgIpc) is 2.77. The quantitative estimate of drug-likeness (QED) is 0.357.